The summed E-state index contributed by atoms with van der Waals surface area (Å²) >= 11 is 4.64. The summed E-state index contributed by atoms with van der Waals surface area (Å²) in [4.78, 5) is 0. The fourth-order valence-corrected chi connectivity index (χ4v) is 5.79. The van der Waals surface area contributed by atoms with Crippen LogP contribution in [0.2, 0.25) is 0 Å². The molecule has 0 aromatic heterocycles. The molecule has 0 saturated heterocycles. The molecule has 0 amide bonds. The summed E-state index contributed by atoms with van der Waals surface area (Å²) in [5.74, 6) is 0.560. The Morgan fingerprint density at radius 2 is 0.732 bits per heavy atom. The smallest absolute Gasteiger partial charge is 0.0459 e. The van der Waals surface area contributed by atoms with Gasteiger partial charge in [-0.3, -0.25) is 0 Å². The predicted octanol–water partition coefficient (Wildman–Crippen LogP) is 20.5. The van der Waals surface area contributed by atoms with Gasteiger partial charge in [0.25, 0.3) is 0 Å². The number of unbranched alkanes of at least 4 members (excludes halogenated alkanes) is 25. The average Bonchev–Trinajstić information content (AvgIpc) is 3.25. The van der Waals surface area contributed by atoms with Crippen LogP contribution in [0.15, 0.2) is 43.0 Å². The summed E-state index contributed by atoms with van der Waals surface area (Å²) in [5, 5.41) is 8.75. The Labute approximate surface area is 363 Å². The Morgan fingerprint density at radius 1 is 0.446 bits per heavy atom. The standard InChI is InChI=1S/C12H26.C10H22.C8H18O.C8H10.C8H16.C7H16.CH3Cl/c1-3-5-7-9-11-12-10-8-6-4-2;1-3-5-7-9-10-8-6-4-2;1-3-5-6-8(4-2)7-9;1-2-8-6-4-3-5-7-8;1-3-5-7-8-6-4-2;1-3-5-7-6-4-2;1-2/h3-12H2,1-2H3;3-10H2,1-2H3;8-9H,3-7H2,1-2H3;3-7H,2H2,1H3;3H,1,4-8H2,2H3;3-7H2,1-2H3;1H3. The number of aliphatic hydroxyl groups excluding tert-OH is 1. The van der Waals surface area contributed by atoms with Crippen LogP contribution in [0.25, 0.3) is 0 Å². The first-order valence-electron chi connectivity index (χ1n) is 25.1. The highest BCUT2D eigenvalue weighted by molar-refractivity contribution is 6.15. The summed E-state index contributed by atoms with van der Waals surface area (Å²) in [6.45, 7) is 26.3. The lowest BCUT2D eigenvalue weighted by molar-refractivity contribution is 0.212. The molecule has 1 aromatic rings. The Hall–Kier alpha value is -0.790. The molecule has 0 aliphatic carbocycles. The van der Waals surface area contributed by atoms with Crippen LogP contribution >= 0.6 is 11.6 Å². The highest BCUT2D eigenvalue weighted by atomic mass is 35.5. The molecule has 1 nitrogen and oxygen atoms in total. The molecule has 56 heavy (non-hydrogen) atoms. The largest absolute Gasteiger partial charge is 0.396 e. The minimum atomic E-state index is 0.372. The number of benzene rings is 1. The molecule has 1 N–H and O–H groups in total. The highest BCUT2D eigenvalue weighted by Gasteiger charge is 2.01. The highest BCUT2D eigenvalue weighted by Crippen LogP contribution is 2.11. The van der Waals surface area contributed by atoms with Crippen LogP contribution in [0.5, 0.6) is 0 Å². The van der Waals surface area contributed by atoms with E-state index in [-0.39, 0.29) is 0 Å². The van der Waals surface area contributed by atoms with Gasteiger partial charge in [0.15, 0.2) is 0 Å². The van der Waals surface area contributed by atoms with Crippen molar-refractivity contribution < 1.29 is 5.11 Å². The van der Waals surface area contributed by atoms with Crippen LogP contribution in [0, 0.1) is 5.92 Å². The molecule has 1 aromatic carbocycles. The van der Waals surface area contributed by atoms with Crippen LogP contribution in [-0.4, -0.2) is 18.1 Å². The van der Waals surface area contributed by atoms with Gasteiger partial charge in [0.1, 0.15) is 0 Å². The van der Waals surface area contributed by atoms with Crippen molar-refractivity contribution in [3.63, 3.8) is 0 Å². The zero-order valence-corrected chi connectivity index (χ0v) is 41.9. The van der Waals surface area contributed by atoms with E-state index in [0.29, 0.717) is 12.5 Å². The molecule has 1 unspecified atom stereocenters. The third-order valence-corrected chi connectivity index (χ3v) is 9.94. The van der Waals surface area contributed by atoms with Crippen molar-refractivity contribution in [1.82, 2.24) is 0 Å². The lowest BCUT2D eigenvalue weighted by atomic mass is 10.0. The van der Waals surface area contributed by atoms with Gasteiger partial charge >= 0.3 is 0 Å². The molecular weight excluding hydrogens is 700 g/mol. The van der Waals surface area contributed by atoms with E-state index in [1.165, 1.54) is 211 Å². The van der Waals surface area contributed by atoms with Gasteiger partial charge in [-0.1, -0.05) is 292 Å². The zero-order valence-electron chi connectivity index (χ0n) is 41.1. The van der Waals surface area contributed by atoms with Gasteiger partial charge in [-0.25, -0.2) is 0 Å². The molecule has 1 atom stereocenters. The van der Waals surface area contributed by atoms with Gasteiger partial charge in [0.05, 0.1) is 0 Å². The van der Waals surface area contributed by atoms with Crippen LogP contribution in [0.3, 0.4) is 0 Å². The number of alkyl halides is 1. The van der Waals surface area contributed by atoms with Crippen LogP contribution in [0.1, 0.15) is 280 Å². The van der Waals surface area contributed by atoms with Gasteiger partial charge < -0.3 is 5.11 Å². The van der Waals surface area contributed by atoms with Gasteiger partial charge in [0.2, 0.25) is 0 Å². The van der Waals surface area contributed by atoms with Gasteiger partial charge in [-0.05, 0) is 37.2 Å². The summed E-state index contributed by atoms with van der Waals surface area (Å²) in [6.07, 6.45) is 49.0. The lowest BCUT2D eigenvalue weighted by Crippen LogP contribution is -2.03. The average molecular weight is 812 g/mol. The zero-order chi connectivity index (χ0) is 43.4. The van der Waals surface area contributed by atoms with Crippen molar-refractivity contribution in [2.75, 3.05) is 13.0 Å². The summed E-state index contributed by atoms with van der Waals surface area (Å²) < 4.78 is 0. The van der Waals surface area contributed by atoms with E-state index in [0.717, 1.165) is 12.8 Å². The van der Waals surface area contributed by atoms with E-state index in [9.17, 15) is 0 Å². The van der Waals surface area contributed by atoms with E-state index in [1.807, 2.05) is 12.1 Å². The maximum absolute atomic E-state index is 8.75. The van der Waals surface area contributed by atoms with Gasteiger partial charge in [-0.2, -0.15) is 0 Å². The van der Waals surface area contributed by atoms with Crippen molar-refractivity contribution in [2.24, 2.45) is 5.92 Å². The molecule has 0 radical (unpaired) electrons. The molecule has 340 valence electrons. The number of aliphatic hydroxyl groups is 1. The van der Waals surface area contributed by atoms with Crippen molar-refractivity contribution in [2.45, 2.75) is 281 Å². The lowest BCUT2D eigenvalue weighted by Gasteiger charge is -2.08. The number of rotatable bonds is 31. The quantitative estimate of drug-likeness (QED) is 0.0450. The molecular formula is C54H111ClO. The molecule has 2 heteroatoms. The monoisotopic (exact) mass is 811 g/mol. The van der Waals surface area contributed by atoms with Crippen LogP contribution in [0.4, 0.5) is 0 Å². The maximum atomic E-state index is 8.75. The van der Waals surface area contributed by atoms with Crippen molar-refractivity contribution in [1.29, 1.82) is 0 Å². The topological polar surface area (TPSA) is 20.2 Å². The molecule has 0 saturated carbocycles. The SMILES string of the molecule is C=CCCCCCC.CCCCC(CC)CO.CCCCCCC.CCCCCCCCCC.CCCCCCCCCCCC.CCc1ccccc1.CCl. The second-order valence-electron chi connectivity index (χ2n) is 15.6. The second kappa shape index (κ2) is 75.1. The fraction of sp³-hybridized carbons (Fsp3) is 0.852. The third-order valence-electron chi connectivity index (χ3n) is 9.94. The minimum absolute atomic E-state index is 0.372. The molecule has 0 fully saturated rings. The van der Waals surface area contributed by atoms with Crippen molar-refractivity contribution in [3.05, 3.63) is 48.6 Å². The first-order chi connectivity index (χ1) is 27.4. The van der Waals surface area contributed by atoms with E-state index in [2.05, 4.69) is 112 Å². The predicted molar refractivity (Wildman–Crippen MR) is 267 cm³/mol. The van der Waals surface area contributed by atoms with E-state index in [4.69, 9.17) is 5.11 Å². The van der Waals surface area contributed by atoms with Crippen LogP contribution in [-0.2, 0) is 6.42 Å². The number of allylic oxidation sites excluding steroid dienone is 1. The van der Waals surface area contributed by atoms with E-state index >= 15 is 0 Å². The molecule has 0 heterocycles. The first-order valence-corrected chi connectivity index (χ1v) is 25.8. The summed E-state index contributed by atoms with van der Waals surface area (Å²) in [6, 6.07) is 10.5. The molecule has 0 bridgehead atoms. The summed E-state index contributed by atoms with van der Waals surface area (Å²) in [7, 11) is 0. The Bertz CT molecular complexity index is 648. The van der Waals surface area contributed by atoms with Gasteiger partial charge in [-0.15, -0.1) is 18.2 Å². The van der Waals surface area contributed by atoms with Crippen molar-refractivity contribution >= 4 is 11.6 Å². The van der Waals surface area contributed by atoms with E-state index < -0.39 is 0 Å². The van der Waals surface area contributed by atoms with E-state index in [1.54, 1.807) is 0 Å². The Kier molecular flexibility index (Phi) is 89.8. The Morgan fingerprint density at radius 3 is 0.964 bits per heavy atom. The maximum Gasteiger partial charge on any atom is 0.0459 e. The second-order valence-corrected chi connectivity index (χ2v) is 15.6. The minimum Gasteiger partial charge on any atom is -0.396 e. The van der Waals surface area contributed by atoms with Crippen LogP contribution < -0.4 is 0 Å². The normalized spacial score (nSPS) is 10.2. The Balaban J connectivity index is -0.000000134. The van der Waals surface area contributed by atoms with Gasteiger partial charge in [0, 0.05) is 13.0 Å². The van der Waals surface area contributed by atoms with Crippen molar-refractivity contribution in [3.8, 4) is 0 Å². The molecule has 1 rings (SSSR count). The molecule has 0 aliphatic heterocycles. The number of aryl methyl sites for hydroxylation is 1. The fourth-order valence-electron chi connectivity index (χ4n) is 5.79. The number of hydrogen-bond donors (Lipinski definition) is 1. The summed E-state index contributed by atoms with van der Waals surface area (Å²) in [5.41, 5.74) is 1.41. The molecule has 0 aliphatic rings. The number of hydrogen-bond acceptors (Lipinski definition) is 1. The third kappa shape index (κ3) is 81.4. The molecule has 0 spiro atoms. The number of halogens is 1. The first kappa shape index (κ1) is 67.0.